The monoisotopic (exact) mass is 1000 g/mol. The zero-order valence-electron chi connectivity index (χ0n) is 37.3. The third-order valence-electron chi connectivity index (χ3n) is 12.6. The second-order valence-corrected chi connectivity index (χ2v) is 18.3. The first-order chi connectivity index (χ1) is 32.3. The number of fused-ring (bicyclic) bond motifs is 6. The molecule has 0 bridgehead atoms. The highest BCUT2D eigenvalue weighted by Gasteiger charge is 2.24. The molecule has 10 rings (SSSR count). The first-order valence-corrected chi connectivity index (χ1v) is 23.4. The molecular weight excluding hydrogens is 950 g/mol. The van der Waals surface area contributed by atoms with Gasteiger partial charge in [0.25, 0.3) is 11.1 Å². The van der Waals surface area contributed by atoms with Crippen molar-refractivity contribution in [3.8, 4) is 0 Å². The molecule has 0 saturated carbocycles. The number of hydrogen-bond acceptors (Lipinski definition) is 10. The third-order valence-corrected chi connectivity index (χ3v) is 13.8. The molecule has 2 aliphatic rings. The van der Waals surface area contributed by atoms with Gasteiger partial charge in [0.2, 0.25) is 17.8 Å². The zero-order chi connectivity index (χ0) is 47.1. The quantitative estimate of drug-likeness (QED) is 0.109. The number of halogens is 4. The van der Waals surface area contributed by atoms with Gasteiger partial charge in [-0.05, 0) is 78.6 Å². The lowest BCUT2D eigenvalue weighted by Crippen LogP contribution is -2.41. The van der Waals surface area contributed by atoms with Crippen molar-refractivity contribution in [2.75, 3.05) is 69.8 Å². The molecular formula is C49H52Cl4N10O5. The van der Waals surface area contributed by atoms with Crippen LogP contribution < -0.4 is 21.8 Å². The van der Waals surface area contributed by atoms with Crippen LogP contribution in [0.3, 0.4) is 0 Å². The summed E-state index contributed by atoms with van der Waals surface area (Å²) in [5.74, 6) is 1.06. The largest absolute Gasteiger partial charge is 0.379 e. The lowest BCUT2D eigenvalue weighted by atomic mass is 10.00. The van der Waals surface area contributed by atoms with Crippen molar-refractivity contribution >= 4 is 119 Å². The fourth-order valence-corrected chi connectivity index (χ4v) is 9.98. The van der Waals surface area contributed by atoms with E-state index in [1.807, 2.05) is 56.8 Å². The number of morpholine rings is 2. The molecule has 19 heteroatoms. The molecule has 2 aliphatic heterocycles. The smallest absolute Gasteiger partial charge is 0.258 e. The molecule has 4 aromatic carbocycles. The van der Waals surface area contributed by atoms with Crippen molar-refractivity contribution in [2.45, 2.75) is 34.1 Å². The van der Waals surface area contributed by atoms with Crippen LogP contribution in [0, 0.1) is 13.8 Å². The van der Waals surface area contributed by atoms with E-state index in [4.69, 9.17) is 60.9 Å². The predicted octanol–water partition coefficient (Wildman–Crippen LogP) is 9.46. The van der Waals surface area contributed by atoms with Gasteiger partial charge in [0.15, 0.2) is 0 Å². The van der Waals surface area contributed by atoms with Gasteiger partial charge in [-0.2, -0.15) is 0 Å². The van der Waals surface area contributed by atoms with Gasteiger partial charge in [-0.15, -0.1) is 0 Å². The number of aromatic amines is 2. The maximum Gasteiger partial charge on any atom is 0.258 e. The Balaban J connectivity index is 0.000000181. The number of aromatic nitrogens is 6. The number of ether oxygens (including phenoxy) is 2. The van der Waals surface area contributed by atoms with Crippen LogP contribution in [-0.4, -0.2) is 104 Å². The first kappa shape index (κ1) is 48.8. The molecule has 8 aromatic rings. The second-order valence-electron chi connectivity index (χ2n) is 16.6. The Morgan fingerprint density at radius 3 is 1.54 bits per heavy atom. The Morgan fingerprint density at radius 1 is 0.647 bits per heavy atom. The summed E-state index contributed by atoms with van der Waals surface area (Å²) >= 11 is 25.3. The highest BCUT2D eigenvalue weighted by Crippen LogP contribution is 2.36. The summed E-state index contributed by atoms with van der Waals surface area (Å²) in [4.78, 5) is 58.8. The summed E-state index contributed by atoms with van der Waals surface area (Å²) in [6.45, 7) is 10.4. The lowest BCUT2D eigenvalue weighted by molar-refractivity contribution is -0.134. The van der Waals surface area contributed by atoms with Gasteiger partial charge in [0.1, 0.15) is 0 Å². The van der Waals surface area contributed by atoms with E-state index in [0.717, 1.165) is 77.9 Å². The Hall–Kier alpha value is -5.65. The van der Waals surface area contributed by atoms with Crippen LogP contribution >= 0.6 is 46.4 Å². The molecule has 6 heterocycles. The van der Waals surface area contributed by atoms with Crippen molar-refractivity contribution < 1.29 is 14.3 Å². The summed E-state index contributed by atoms with van der Waals surface area (Å²) in [5, 5.41) is 11.2. The summed E-state index contributed by atoms with van der Waals surface area (Å²) in [7, 11) is 3.70. The SMILES string of the molecule is C.Cc1[nH]c(=O)c2c(ccc3nc(Nc4c(Cl)cccc4Cl)n(C)c32)c1CC(=O)N1CCOCC1.Cc1[nH]c(=O)c2c(ccc3nc(Nc4c(Cl)cccc4Cl)n(C)c32)c1CCN1CCOCC1. The number of anilines is 4. The van der Waals surface area contributed by atoms with E-state index in [1.54, 1.807) is 45.9 Å². The molecule has 4 aromatic heterocycles. The fourth-order valence-electron chi connectivity index (χ4n) is 9.00. The molecule has 68 heavy (non-hydrogen) atoms. The highest BCUT2D eigenvalue weighted by atomic mass is 35.5. The topological polar surface area (TPSA) is 167 Å². The number of imidazole rings is 2. The Labute approximate surface area is 412 Å². The molecule has 15 nitrogen and oxygen atoms in total. The molecule has 356 valence electrons. The zero-order valence-corrected chi connectivity index (χ0v) is 40.3. The normalized spacial score (nSPS) is 14.3. The van der Waals surface area contributed by atoms with Gasteiger partial charge in [-0.25, -0.2) is 9.97 Å². The number of carbonyl (C=O) groups excluding carboxylic acids is 1. The van der Waals surface area contributed by atoms with Crippen LogP contribution in [0.5, 0.6) is 0 Å². The molecule has 2 fully saturated rings. The molecule has 1 amide bonds. The van der Waals surface area contributed by atoms with Crippen LogP contribution in [-0.2, 0) is 41.2 Å². The van der Waals surface area contributed by atoms with Gasteiger partial charge >= 0.3 is 0 Å². The number of carbonyl (C=O) groups is 1. The van der Waals surface area contributed by atoms with Crippen molar-refractivity contribution in [3.63, 3.8) is 0 Å². The lowest BCUT2D eigenvalue weighted by Gasteiger charge is -2.27. The molecule has 0 radical (unpaired) electrons. The van der Waals surface area contributed by atoms with Gasteiger partial charge in [0, 0.05) is 58.2 Å². The molecule has 0 aliphatic carbocycles. The second kappa shape index (κ2) is 20.5. The number of hydrogen-bond donors (Lipinski definition) is 4. The summed E-state index contributed by atoms with van der Waals surface area (Å²) in [5.41, 5.74) is 7.11. The van der Waals surface area contributed by atoms with E-state index in [0.29, 0.717) is 97.2 Å². The number of nitrogens with zero attached hydrogens (tertiary/aromatic N) is 6. The highest BCUT2D eigenvalue weighted by molar-refractivity contribution is 6.40. The van der Waals surface area contributed by atoms with Crippen LogP contribution in [0.1, 0.15) is 29.9 Å². The van der Waals surface area contributed by atoms with Crippen molar-refractivity contribution in [1.82, 2.24) is 38.9 Å². The fraction of sp³-hybridized carbons (Fsp3) is 0.327. The van der Waals surface area contributed by atoms with Crippen molar-refractivity contribution in [2.24, 2.45) is 14.1 Å². The number of para-hydroxylation sites is 2. The van der Waals surface area contributed by atoms with Crippen LogP contribution in [0.4, 0.5) is 23.3 Å². The summed E-state index contributed by atoms with van der Waals surface area (Å²) in [6.07, 6.45) is 1.05. The first-order valence-electron chi connectivity index (χ1n) is 21.9. The molecule has 0 spiro atoms. The summed E-state index contributed by atoms with van der Waals surface area (Å²) in [6, 6.07) is 18.3. The van der Waals surface area contributed by atoms with Crippen molar-refractivity contribution in [1.29, 1.82) is 0 Å². The molecule has 4 N–H and O–H groups in total. The Kier molecular flexibility index (Phi) is 14.7. The van der Waals surface area contributed by atoms with Gasteiger partial charge in [-0.1, -0.05) is 78.1 Å². The number of rotatable bonds is 9. The van der Waals surface area contributed by atoms with Gasteiger partial charge in [0.05, 0.1) is 97.2 Å². The van der Waals surface area contributed by atoms with E-state index in [-0.39, 0.29) is 30.9 Å². The minimum absolute atomic E-state index is 0. The average Bonchev–Trinajstić information content (AvgIpc) is 3.81. The Bertz CT molecular complexity index is 3290. The van der Waals surface area contributed by atoms with E-state index in [1.165, 1.54) is 0 Å². The van der Waals surface area contributed by atoms with Gasteiger partial charge < -0.3 is 44.1 Å². The van der Waals surface area contributed by atoms with Crippen molar-refractivity contribution in [3.05, 3.63) is 124 Å². The minimum atomic E-state index is -0.231. The number of benzene rings is 4. The standard InChI is InChI=1S/C24H23Cl2N5O3.C24H25Cl2N5O2.CH4/c1-13-15(12-19(32)31-8-10-34-11-9-31)14-6-7-18-22(20(14)23(33)27-13)30(2)24(28-18)29-21-16(25)4-3-5-17(21)26;1-14-15(8-9-31-10-12-33-13-11-31)16-6-7-19-22(20(16)23(32)27-14)30(2)24(28-19)29-21-17(25)4-3-5-18(21)26;/h3-7H,8-12H2,1-2H3,(H,27,33)(H,28,29);3-7H,8-13H2,1-2H3,(H,27,32)(H,28,29);1H4. The van der Waals surface area contributed by atoms with Crippen LogP contribution in [0.2, 0.25) is 20.1 Å². The van der Waals surface area contributed by atoms with Crippen LogP contribution in [0.25, 0.3) is 43.6 Å². The number of pyridine rings is 2. The maximum atomic E-state index is 13.1. The molecule has 0 atom stereocenters. The number of H-pyrrole nitrogens is 2. The van der Waals surface area contributed by atoms with E-state index in [2.05, 4.69) is 30.5 Å². The summed E-state index contributed by atoms with van der Waals surface area (Å²) < 4.78 is 14.5. The third kappa shape index (κ3) is 9.53. The van der Waals surface area contributed by atoms with E-state index >= 15 is 0 Å². The number of amides is 1. The van der Waals surface area contributed by atoms with E-state index in [9.17, 15) is 14.4 Å². The van der Waals surface area contributed by atoms with Crippen LogP contribution in [0.15, 0.2) is 70.3 Å². The average molecular weight is 1000 g/mol. The van der Waals surface area contributed by atoms with Gasteiger partial charge in [-0.3, -0.25) is 19.3 Å². The molecule has 2 saturated heterocycles. The molecule has 0 unspecified atom stereocenters. The minimum Gasteiger partial charge on any atom is -0.379 e. The predicted molar refractivity (Wildman–Crippen MR) is 275 cm³/mol. The maximum absolute atomic E-state index is 13.1. The Morgan fingerprint density at radius 2 is 1.07 bits per heavy atom. The van der Waals surface area contributed by atoms with E-state index < -0.39 is 0 Å². The number of nitrogens with one attached hydrogen (secondary N) is 4. The number of aryl methyl sites for hydroxylation is 4.